The van der Waals surface area contributed by atoms with Crippen LogP contribution in [-0.2, 0) is 23.8 Å². The van der Waals surface area contributed by atoms with E-state index in [2.05, 4.69) is 6.58 Å². The fourth-order valence-electron chi connectivity index (χ4n) is 5.69. The third-order valence-corrected chi connectivity index (χ3v) is 6.95. The second kappa shape index (κ2) is 5.07. The number of aliphatic hydroxyl groups excluding tert-OH is 1. The van der Waals surface area contributed by atoms with Crippen molar-refractivity contribution in [2.45, 2.75) is 70.6 Å². The molecule has 4 rings (SSSR count). The predicted octanol–water partition coefficient (Wildman–Crippen LogP) is 1.60. The van der Waals surface area contributed by atoms with Crippen LogP contribution in [0.25, 0.3) is 0 Å². The number of rotatable bonds is 2. The first-order valence-corrected chi connectivity index (χ1v) is 9.07. The number of fused-ring (bicyclic) bond motifs is 6. The molecule has 8 atom stereocenters. The SMILES string of the molecule is C=C1C(=O)O[C@@H]2[C@H]1[C@@H](OC(=O)C(C)C)[C@H]1[C@](C)([C@@H]3CC[C@@]1(C)O3)[C@@H]2O. The van der Waals surface area contributed by atoms with Gasteiger partial charge in [-0.3, -0.25) is 4.79 Å². The number of carbonyl (C=O) groups excluding carboxylic acids is 2. The number of carbonyl (C=O) groups is 2. The highest BCUT2D eigenvalue weighted by Crippen LogP contribution is 2.66. The second-order valence-corrected chi connectivity index (χ2v) is 8.72. The monoisotopic (exact) mass is 350 g/mol. The molecule has 0 amide bonds. The number of hydrogen-bond donors (Lipinski definition) is 1. The normalized spacial score (nSPS) is 50.6. The lowest BCUT2D eigenvalue weighted by atomic mass is 9.51. The van der Waals surface area contributed by atoms with Crippen LogP contribution >= 0.6 is 0 Å². The summed E-state index contributed by atoms with van der Waals surface area (Å²) in [5.74, 6) is -1.84. The summed E-state index contributed by atoms with van der Waals surface area (Å²) in [6.45, 7) is 11.4. The summed E-state index contributed by atoms with van der Waals surface area (Å²) < 4.78 is 17.6. The number of ether oxygens (including phenoxy) is 3. The van der Waals surface area contributed by atoms with Crippen LogP contribution in [0.3, 0.4) is 0 Å². The molecule has 1 saturated carbocycles. The Balaban J connectivity index is 1.81. The maximum absolute atomic E-state index is 12.4. The van der Waals surface area contributed by atoms with Gasteiger partial charge in [0.05, 0.1) is 23.5 Å². The third-order valence-electron chi connectivity index (χ3n) is 6.95. The molecule has 0 aromatic heterocycles. The van der Waals surface area contributed by atoms with E-state index in [-0.39, 0.29) is 29.5 Å². The third kappa shape index (κ3) is 1.98. The molecule has 4 fully saturated rings. The molecule has 6 nitrogen and oxygen atoms in total. The summed E-state index contributed by atoms with van der Waals surface area (Å²) in [4.78, 5) is 24.5. The second-order valence-electron chi connectivity index (χ2n) is 8.72. The molecule has 2 bridgehead atoms. The molecule has 0 unspecified atom stereocenters. The molecule has 1 aliphatic carbocycles. The van der Waals surface area contributed by atoms with Gasteiger partial charge in [-0.15, -0.1) is 0 Å². The summed E-state index contributed by atoms with van der Waals surface area (Å²) in [5.41, 5.74) is -0.834. The first kappa shape index (κ1) is 17.0. The molecule has 3 aliphatic heterocycles. The van der Waals surface area contributed by atoms with Gasteiger partial charge in [-0.1, -0.05) is 27.4 Å². The maximum atomic E-state index is 12.4. The molecule has 25 heavy (non-hydrogen) atoms. The van der Waals surface area contributed by atoms with Crippen molar-refractivity contribution in [1.82, 2.24) is 0 Å². The van der Waals surface area contributed by atoms with Crippen LogP contribution < -0.4 is 0 Å². The lowest BCUT2D eigenvalue weighted by molar-refractivity contribution is -0.206. The molecule has 6 heteroatoms. The minimum Gasteiger partial charge on any atom is -0.461 e. The minimum atomic E-state index is -0.869. The summed E-state index contributed by atoms with van der Waals surface area (Å²) in [5, 5.41) is 11.1. The lowest BCUT2D eigenvalue weighted by Gasteiger charge is -2.54. The zero-order valence-electron chi connectivity index (χ0n) is 15.2. The van der Waals surface area contributed by atoms with Gasteiger partial charge in [0.15, 0.2) is 0 Å². The molecule has 138 valence electrons. The minimum absolute atomic E-state index is 0.133. The quantitative estimate of drug-likeness (QED) is 0.602. The maximum Gasteiger partial charge on any atom is 0.334 e. The van der Waals surface area contributed by atoms with Gasteiger partial charge in [-0.2, -0.15) is 0 Å². The van der Waals surface area contributed by atoms with E-state index >= 15 is 0 Å². The molecular formula is C19H26O6. The van der Waals surface area contributed by atoms with E-state index in [1.807, 2.05) is 13.8 Å². The number of esters is 2. The highest BCUT2D eigenvalue weighted by Gasteiger charge is 2.75. The summed E-state index contributed by atoms with van der Waals surface area (Å²) in [6, 6.07) is 0. The topological polar surface area (TPSA) is 82.1 Å². The standard InChI is InChI=1S/C19H26O6/c1-8(2)16(21)23-12-11-9(3)17(22)24-13(11)15(20)19(5)10-6-7-18(4,25-10)14(12)19/h8,10-15,20H,3,6-7H2,1-2,4-5H3/t10-,11+,12+,13+,14+,15+,18+,19-/m0/s1. The predicted molar refractivity (Wildman–Crippen MR) is 87.3 cm³/mol. The van der Waals surface area contributed by atoms with Gasteiger partial charge in [-0.05, 0) is 19.8 Å². The number of hydrogen-bond acceptors (Lipinski definition) is 6. The van der Waals surface area contributed by atoms with E-state index in [1.54, 1.807) is 13.8 Å². The Morgan fingerprint density at radius 2 is 2.08 bits per heavy atom. The van der Waals surface area contributed by atoms with Crippen molar-refractivity contribution in [2.75, 3.05) is 0 Å². The van der Waals surface area contributed by atoms with Gasteiger partial charge in [-0.25, -0.2) is 4.79 Å². The van der Waals surface area contributed by atoms with E-state index in [9.17, 15) is 14.7 Å². The van der Waals surface area contributed by atoms with Crippen LogP contribution in [0.2, 0.25) is 0 Å². The zero-order chi connectivity index (χ0) is 18.3. The molecule has 3 heterocycles. The Hall–Kier alpha value is -1.40. The highest BCUT2D eigenvalue weighted by atomic mass is 16.6. The molecule has 0 aromatic rings. The van der Waals surface area contributed by atoms with Gasteiger partial charge < -0.3 is 19.3 Å². The van der Waals surface area contributed by atoms with Crippen molar-refractivity contribution < 1.29 is 28.9 Å². The summed E-state index contributed by atoms with van der Waals surface area (Å²) in [7, 11) is 0. The average molecular weight is 350 g/mol. The molecule has 0 spiro atoms. The van der Waals surface area contributed by atoms with E-state index in [0.29, 0.717) is 0 Å². The van der Waals surface area contributed by atoms with Crippen molar-refractivity contribution >= 4 is 11.9 Å². The van der Waals surface area contributed by atoms with Gasteiger partial charge in [0.25, 0.3) is 0 Å². The smallest absolute Gasteiger partial charge is 0.334 e. The largest absolute Gasteiger partial charge is 0.461 e. The lowest BCUT2D eigenvalue weighted by Crippen LogP contribution is -2.66. The van der Waals surface area contributed by atoms with E-state index < -0.39 is 41.2 Å². The highest BCUT2D eigenvalue weighted by molar-refractivity contribution is 5.91. The Bertz CT molecular complexity index is 656. The van der Waals surface area contributed by atoms with Crippen molar-refractivity contribution in [1.29, 1.82) is 0 Å². The molecular weight excluding hydrogens is 324 g/mol. The fourth-order valence-corrected chi connectivity index (χ4v) is 5.69. The molecule has 4 aliphatic rings. The average Bonchev–Trinajstić information content (AvgIpc) is 3.13. The summed E-state index contributed by atoms with van der Waals surface area (Å²) in [6.07, 6.45) is -0.630. The number of aliphatic hydroxyl groups is 1. The molecule has 0 radical (unpaired) electrons. The van der Waals surface area contributed by atoms with Crippen molar-refractivity contribution in [3.63, 3.8) is 0 Å². The van der Waals surface area contributed by atoms with Gasteiger partial charge >= 0.3 is 11.9 Å². The Morgan fingerprint density at radius 1 is 1.40 bits per heavy atom. The van der Waals surface area contributed by atoms with Gasteiger partial charge in [0.1, 0.15) is 18.3 Å². The Kier molecular flexibility index (Phi) is 3.46. The van der Waals surface area contributed by atoms with Crippen LogP contribution in [0, 0.1) is 23.2 Å². The molecule has 0 aromatic carbocycles. The van der Waals surface area contributed by atoms with Crippen molar-refractivity contribution in [2.24, 2.45) is 23.2 Å². The molecule has 3 saturated heterocycles. The van der Waals surface area contributed by atoms with Crippen molar-refractivity contribution in [3.05, 3.63) is 12.2 Å². The first-order valence-electron chi connectivity index (χ1n) is 9.07. The Morgan fingerprint density at radius 3 is 2.72 bits per heavy atom. The van der Waals surface area contributed by atoms with Gasteiger partial charge in [0.2, 0.25) is 0 Å². The van der Waals surface area contributed by atoms with Crippen LogP contribution in [0.5, 0.6) is 0 Å². The summed E-state index contributed by atoms with van der Waals surface area (Å²) >= 11 is 0. The first-order chi connectivity index (χ1) is 11.6. The van der Waals surface area contributed by atoms with Crippen LogP contribution in [0.4, 0.5) is 0 Å². The van der Waals surface area contributed by atoms with Gasteiger partial charge in [0, 0.05) is 16.9 Å². The fraction of sp³-hybridized carbons (Fsp3) is 0.789. The van der Waals surface area contributed by atoms with Crippen LogP contribution in [-0.4, -0.2) is 47.1 Å². The van der Waals surface area contributed by atoms with E-state index in [4.69, 9.17) is 14.2 Å². The zero-order valence-corrected chi connectivity index (χ0v) is 15.2. The van der Waals surface area contributed by atoms with Crippen LogP contribution in [0.15, 0.2) is 12.2 Å². The van der Waals surface area contributed by atoms with E-state index in [1.165, 1.54) is 0 Å². The van der Waals surface area contributed by atoms with E-state index in [0.717, 1.165) is 12.8 Å². The molecule has 1 N–H and O–H groups in total. The Labute approximate surface area is 147 Å². The van der Waals surface area contributed by atoms with Crippen molar-refractivity contribution in [3.8, 4) is 0 Å². The van der Waals surface area contributed by atoms with Crippen LogP contribution in [0.1, 0.15) is 40.5 Å².